The number of nitrogens with zero attached hydrogens (tertiary/aromatic N) is 3. The molecule has 4 rings (SSSR count). The van der Waals surface area contributed by atoms with Gasteiger partial charge in [0.15, 0.2) is 11.0 Å². The maximum absolute atomic E-state index is 13.8. The lowest BCUT2D eigenvalue weighted by molar-refractivity contribution is -0.113. The van der Waals surface area contributed by atoms with E-state index in [4.69, 9.17) is 4.42 Å². The molecule has 0 radical (unpaired) electrons. The molecule has 1 atom stereocenters. The van der Waals surface area contributed by atoms with Gasteiger partial charge in [0, 0.05) is 0 Å². The number of nitrogens with one attached hydrogen (secondary N) is 1. The fourth-order valence-electron chi connectivity index (χ4n) is 3.28. The summed E-state index contributed by atoms with van der Waals surface area (Å²) in [4.78, 5) is 12.4. The number of thioether (sulfide) groups is 1. The molecule has 6 nitrogen and oxygen atoms in total. The van der Waals surface area contributed by atoms with E-state index < -0.39 is 5.82 Å². The highest BCUT2D eigenvalue weighted by Crippen LogP contribution is 2.32. The van der Waals surface area contributed by atoms with E-state index in [-0.39, 0.29) is 23.4 Å². The van der Waals surface area contributed by atoms with E-state index in [1.165, 1.54) is 23.9 Å². The third-order valence-corrected chi connectivity index (χ3v) is 5.86. The SMILES string of the molecule is Cc1occc1-c1nnc(SCC(=O)Nc2ccccc2F)n1[C@H](C)c1ccccc1. The summed E-state index contributed by atoms with van der Waals surface area (Å²) in [5, 5.41) is 11.9. The Bertz CT molecular complexity index is 1190. The van der Waals surface area contributed by atoms with Crippen LogP contribution in [-0.2, 0) is 4.79 Å². The Morgan fingerprint density at radius 3 is 2.58 bits per heavy atom. The molecule has 0 unspecified atom stereocenters. The molecule has 1 amide bonds. The van der Waals surface area contributed by atoms with Crippen molar-refractivity contribution < 1.29 is 13.6 Å². The van der Waals surface area contributed by atoms with Gasteiger partial charge >= 0.3 is 0 Å². The first kappa shape index (κ1) is 20.9. The predicted molar refractivity (Wildman–Crippen MR) is 118 cm³/mol. The second-order valence-corrected chi connectivity index (χ2v) is 7.91. The van der Waals surface area contributed by atoms with Crippen LogP contribution in [0.15, 0.2) is 76.5 Å². The van der Waals surface area contributed by atoms with Crippen LogP contribution in [0.25, 0.3) is 11.4 Å². The minimum Gasteiger partial charge on any atom is -0.469 e. The van der Waals surface area contributed by atoms with Gasteiger partial charge in [0.25, 0.3) is 0 Å². The number of carbonyl (C=O) groups excluding carboxylic acids is 1. The van der Waals surface area contributed by atoms with Crippen LogP contribution in [0.3, 0.4) is 0 Å². The zero-order chi connectivity index (χ0) is 21.8. The zero-order valence-corrected chi connectivity index (χ0v) is 17.9. The molecule has 0 aliphatic rings. The van der Waals surface area contributed by atoms with Gasteiger partial charge in [-0.2, -0.15) is 0 Å². The van der Waals surface area contributed by atoms with Crippen molar-refractivity contribution in [1.29, 1.82) is 0 Å². The standard InChI is InChI=1S/C23H21FN4O2S/c1-15(17-8-4-3-5-9-17)28-22(18-12-13-30-16(18)2)26-27-23(28)31-14-21(29)25-20-11-7-6-10-19(20)24/h3-13,15H,14H2,1-2H3,(H,25,29)/t15-/m1/s1. The molecule has 2 aromatic heterocycles. The number of benzene rings is 2. The Hall–Kier alpha value is -3.39. The lowest BCUT2D eigenvalue weighted by Crippen LogP contribution is -2.16. The van der Waals surface area contributed by atoms with Gasteiger partial charge in [0.05, 0.1) is 29.3 Å². The van der Waals surface area contributed by atoms with Crippen molar-refractivity contribution in [3.63, 3.8) is 0 Å². The van der Waals surface area contributed by atoms with Gasteiger partial charge in [-0.25, -0.2) is 4.39 Å². The van der Waals surface area contributed by atoms with Crippen LogP contribution in [0.5, 0.6) is 0 Å². The number of hydrogen-bond donors (Lipinski definition) is 1. The number of hydrogen-bond acceptors (Lipinski definition) is 5. The Morgan fingerprint density at radius 1 is 1.13 bits per heavy atom. The lowest BCUT2D eigenvalue weighted by Gasteiger charge is -2.18. The second kappa shape index (κ2) is 9.18. The van der Waals surface area contributed by atoms with E-state index in [1.54, 1.807) is 18.4 Å². The van der Waals surface area contributed by atoms with E-state index in [2.05, 4.69) is 22.4 Å². The Labute approximate surface area is 183 Å². The van der Waals surface area contributed by atoms with E-state index in [0.29, 0.717) is 11.0 Å². The molecule has 0 saturated carbocycles. The molecule has 0 aliphatic heterocycles. The van der Waals surface area contributed by atoms with Crippen molar-refractivity contribution in [1.82, 2.24) is 14.8 Å². The molecular weight excluding hydrogens is 415 g/mol. The highest BCUT2D eigenvalue weighted by molar-refractivity contribution is 7.99. The van der Waals surface area contributed by atoms with Crippen LogP contribution >= 0.6 is 11.8 Å². The molecular formula is C23H21FN4O2S. The van der Waals surface area contributed by atoms with Gasteiger partial charge in [-0.3, -0.25) is 9.36 Å². The summed E-state index contributed by atoms with van der Waals surface area (Å²) in [6.45, 7) is 3.93. The minimum atomic E-state index is -0.473. The number of halogens is 1. The van der Waals surface area contributed by atoms with E-state index >= 15 is 0 Å². The van der Waals surface area contributed by atoms with E-state index in [1.807, 2.05) is 47.9 Å². The largest absolute Gasteiger partial charge is 0.469 e. The van der Waals surface area contributed by atoms with Crippen molar-refractivity contribution in [2.45, 2.75) is 25.0 Å². The second-order valence-electron chi connectivity index (χ2n) is 6.97. The van der Waals surface area contributed by atoms with Crippen LogP contribution in [0.1, 0.15) is 24.3 Å². The van der Waals surface area contributed by atoms with Crippen LogP contribution in [0.2, 0.25) is 0 Å². The van der Waals surface area contributed by atoms with Crippen LogP contribution in [-0.4, -0.2) is 26.4 Å². The van der Waals surface area contributed by atoms with Gasteiger partial charge in [0.2, 0.25) is 5.91 Å². The summed E-state index contributed by atoms with van der Waals surface area (Å²) in [7, 11) is 0. The fourth-order valence-corrected chi connectivity index (χ4v) is 4.10. The van der Waals surface area contributed by atoms with Gasteiger partial charge in [-0.15, -0.1) is 10.2 Å². The molecule has 31 heavy (non-hydrogen) atoms. The smallest absolute Gasteiger partial charge is 0.234 e. The van der Waals surface area contributed by atoms with Crippen molar-refractivity contribution in [3.05, 3.63) is 84.1 Å². The molecule has 4 aromatic rings. The van der Waals surface area contributed by atoms with Crippen molar-refractivity contribution >= 4 is 23.4 Å². The molecule has 158 valence electrons. The summed E-state index contributed by atoms with van der Waals surface area (Å²) in [6, 6.07) is 17.9. The first-order valence-electron chi connectivity index (χ1n) is 9.76. The van der Waals surface area contributed by atoms with Crippen molar-refractivity contribution in [3.8, 4) is 11.4 Å². The molecule has 0 aliphatic carbocycles. The number of amides is 1. The monoisotopic (exact) mass is 436 g/mol. The summed E-state index contributed by atoms with van der Waals surface area (Å²) >= 11 is 1.25. The molecule has 0 bridgehead atoms. The molecule has 1 N–H and O–H groups in total. The highest BCUT2D eigenvalue weighted by Gasteiger charge is 2.23. The third kappa shape index (κ3) is 4.54. The maximum atomic E-state index is 13.8. The first-order valence-corrected chi connectivity index (χ1v) is 10.7. The summed E-state index contributed by atoms with van der Waals surface area (Å²) < 4.78 is 21.3. The summed E-state index contributed by atoms with van der Waals surface area (Å²) in [5.41, 5.74) is 2.09. The Kier molecular flexibility index (Phi) is 6.18. The molecule has 0 fully saturated rings. The quantitative estimate of drug-likeness (QED) is 0.397. The normalized spacial score (nSPS) is 12.0. The zero-order valence-electron chi connectivity index (χ0n) is 17.1. The van der Waals surface area contributed by atoms with Crippen molar-refractivity contribution in [2.24, 2.45) is 0 Å². The number of carbonyl (C=O) groups is 1. The number of anilines is 1. The highest BCUT2D eigenvalue weighted by atomic mass is 32.2. The third-order valence-electron chi connectivity index (χ3n) is 4.91. The average Bonchev–Trinajstić information content (AvgIpc) is 3.39. The lowest BCUT2D eigenvalue weighted by atomic mass is 10.1. The average molecular weight is 437 g/mol. The topological polar surface area (TPSA) is 72.9 Å². The van der Waals surface area contributed by atoms with Crippen LogP contribution < -0.4 is 5.32 Å². The number of aryl methyl sites for hydroxylation is 1. The number of para-hydroxylation sites is 1. The summed E-state index contributed by atoms with van der Waals surface area (Å²) in [6.07, 6.45) is 1.62. The molecule has 2 heterocycles. The van der Waals surface area contributed by atoms with Gasteiger partial charge in [-0.05, 0) is 37.6 Å². The Morgan fingerprint density at radius 2 is 1.87 bits per heavy atom. The molecule has 0 spiro atoms. The number of rotatable bonds is 7. The number of aromatic nitrogens is 3. The van der Waals surface area contributed by atoms with Gasteiger partial charge in [-0.1, -0.05) is 54.2 Å². The van der Waals surface area contributed by atoms with E-state index in [0.717, 1.165) is 16.9 Å². The minimum absolute atomic E-state index is 0.0678. The van der Waals surface area contributed by atoms with Gasteiger partial charge < -0.3 is 9.73 Å². The maximum Gasteiger partial charge on any atom is 0.234 e. The van der Waals surface area contributed by atoms with Crippen LogP contribution in [0.4, 0.5) is 10.1 Å². The molecule has 8 heteroatoms. The number of furan rings is 1. The molecule has 2 aromatic carbocycles. The van der Waals surface area contributed by atoms with E-state index in [9.17, 15) is 9.18 Å². The van der Waals surface area contributed by atoms with Crippen molar-refractivity contribution in [2.75, 3.05) is 11.1 Å². The summed E-state index contributed by atoms with van der Waals surface area (Å²) in [5.74, 6) is 0.679. The fraction of sp³-hybridized carbons (Fsp3) is 0.174. The first-order chi connectivity index (χ1) is 15.0. The van der Waals surface area contributed by atoms with Gasteiger partial charge in [0.1, 0.15) is 11.6 Å². The Balaban J connectivity index is 1.60. The predicted octanol–water partition coefficient (Wildman–Crippen LogP) is 5.33. The van der Waals surface area contributed by atoms with Crippen LogP contribution in [0, 0.1) is 12.7 Å². The molecule has 0 saturated heterocycles.